The Balaban J connectivity index is 2.79. The predicted octanol–water partition coefficient (Wildman–Crippen LogP) is 1.17. The fourth-order valence-corrected chi connectivity index (χ4v) is 1.25. The third-order valence-electron chi connectivity index (χ3n) is 2.15. The van der Waals surface area contributed by atoms with Gasteiger partial charge in [0.05, 0.1) is 5.56 Å². The van der Waals surface area contributed by atoms with E-state index >= 15 is 0 Å². The Kier molecular flexibility index (Phi) is 4.30. The highest BCUT2D eigenvalue weighted by Crippen LogP contribution is 2.27. The summed E-state index contributed by atoms with van der Waals surface area (Å²) in [6.07, 6.45) is -2.74. The van der Waals surface area contributed by atoms with Crippen molar-refractivity contribution in [2.24, 2.45) is 0 Å². The lowest BCUT2D eigenvalue weighted by molar-refractivity contribution is -0.138. The molecule has 0 bridgehead atoms. The number of alkyl halides is 3. The molecule has 98 valence electrons. The van der Waals surface area contributed by atoms with Crippen molar-refractivity contribution in [1.29, 1.82) is 0 Å². The maximum Gasteiger partial charge on any atom is 0.417 e. The number of hydrogen-bond acceptors (Lipinski definition) is 2. The number of nitrogens with zero attached hydrogens (tertiary/aromatic N) is 1. The topological polar surface area (TPSA) is 51.1 Å². The molecule has 1 aromatic rings. The molecule has 1 aromatic heterocycles. The van der Waals surface area contributed by atoms with Crippen molar-refractivity contribution in [2.75, 3.05) is 6.54 Å². The molecule has 0 unspecified atom stereocenters. The summed E-state index contributed by atoms with van der Waals surface area (Å²) in [4.78, 5) is 22.1. The molecule has 0 aliphatic carbocycles. The first-order chi connectivity index (χ1) is 8.34. The first kappa shape index (κ1) is 14.0. The van der Waals surface area contributed by atoms with Crippen molar-refractivity contribution in [3.63, 3.8) is 0 Å². The molecule has 18 heavy (non-hydrogen) atoms. The second kappa shape index (κ2) is 5.52. The fourth-order valence-electron chi connectivity index (χ4n) is 1.25. The molecule has 7 heteroatoms. The van der Waals surface area contributed by atoms with E-state index in [2.05, 4.69) is 11.9 Å². The summed E-state index contributed by atoms with van der Waals surface area (Å²) in [6.45, 7) is 3.23. The number of nitrogens with one attached hydrogen (secondary N) is 1. The Morgan fingerprint density at radius 3 is 2.67 bits per heavy atom. The zero-order valence-corrected chi connectivity index (χ0v) is 9.33. The molecule has 0 atom stereocenters. The van der Waals surface area contributed by atoms with Gasteiger partial charge >= 0.3 is 6.18 Å². The second-order valence-corrected chi connectivity index (χ2v) is 3.44. The molecule has 1 rings (SSSR count). The van der Waals surface area contributed by atoms with Gasteiger partial charge in [-0.25, -0.2) is 0 Å². The lowest BCUT2D eigenvalue weighted by atomic mass is 10.3. The van der Waals surface area contributed by atoms with Gasteiger partial charge in [-0.2, -0.15) is 13.2 Å². The Bertz CT molecular complexity index is 506. The van der Waals surface area contributed by atoms with E-state index in [1.165, 1.54) is 0 Å². The van der Waals surface area contributed by atoms with Gasteiger partial charge in [0, 0.05) is 25.4 Å². The van der Waals surface area contributed by atoms with E-state index in [0.29, 0.717) is 0 Å². The summed E-state index contributed by atoms with van der Waals surface area (Å²) in [5, 5.41) is 2.37. The lowest BCUT2D eigenvalue weighted by Crippen LogP contribution is -2.30. The molecule has 0 spiro atoms. The summed E-state index contributed by atoms with van der Waals surface area (Å²) in [5.41, 5.74) is -1.46. The highest BCUT2D eigenvalue weighted by molar-refractivity contribution is 5.86. The van der Waals surface area contributed by atoms with Gasteiger partial charge in [0.1, 0.15) is 0 Å². The zero-order valence-electron chi connectivity index (χ0n) is 9.33. The minimum Gasteiger partial charge on any atom is -0.351 e. The molecule has 0 fully saturated rings. The Morgan fingerprint density at radius 2 is 2.11 bits per heavy atom. The van der Waals surface area contributed by atoms with E-state index < -0.39 is 23.2 Å². The van der Waals surface area contributed by atoms with Crippen LogP contribution in [0.4, 0.5) is 13.2 Å². The van der Waals surface area contributed by atoms with E-state index in [9.17, 15) is 22.8 Å². The van der Waals surface area contributed by atoms with Crippen molar-refractivity contribution in [3.8, 4) is 0 Å². The van der Waals surface area contributed by atoms with Crippen LogP contribution in [0.15, 0.2) is 35.8 Å². The average Bonchev–Trinajstić information content (AvgIpc) is 2.29. The monoisotopic (exact) mass is 260 g/mol. The minimum atomic E-state index is -4.50. The number of carbonyl (C=O) groups excluding carboxylic acids is 1. The molecule has 1 N–H and O–H groups in total. The molecule has 0 saturated carbocycles. The Labute approximate surface area is 101 Å². The van der Waals surface area contributed by atoms with E-state index in [0.717, 1.165) is 29.0 Å². The summed E-state index contributed by atoms with van der Waals surface area (Å²) < 4.78 is 38.1. The van der Waals surface area contributed by atoms with Gasteiger partial charge in [-0.1, -0.05) is 6.58 Å². The van der Waals surface area contributed by atoms with Gasteiger partial charge in [-0.3, -0.25) is 9.59 Å². The first-order valence-corrected chi connectivity index (χ1v) is 5.02. The molecule has 0 radical (unpaired) electrons. The van der Waals surface area contributed by atoms with Crippen LogP contribution in [-0.2, 0) is 17.5 Å². The number of rotatable bonds is 4. The van der Waals surface area contributed by atoms with E-state index in [1.54, 1.807) is 0 Å². The second-order valence-electron chi connectivity index (χ2n) is 3.44. The minimum absolute atomic E-state index is 0.0394. The van der Waals surface area contributed by atoms with Gasteiger partial charge in [-0.15, -0.1) is 0 Å². The van der Waals surface area contributed by atoms with Crippen molar-refractivity contribution < 1.29 is 18.0 Å². The number of aromatic nitrogens is 1. The summed E-state index contributed by atoms with van der Waals surface area (Å²) in [6, 6.07) is 1.57. The van der Waals surface area contributed by atoms with Gasteiger partial charge in [-0.05, 0) is 12.1 Å². The highest BCUT2D eigenvalue weighted by Gasteiger charge is 2.30. The molecule has 0 aliphatic rings. The molecular formula is C11H11F3N2O2. The van der Waals surface area contributed by atoms with Crippen molar-refractivity contribution in [3.05, 3.63) is 46.9 Å². The molecule has 1 amide bonds. The SMILES string of the molecule is C=CC(=O)NCCn1cc(C(F)(F)F)ccc1=O. The largest absolute Gasteiger partial charge is 0.417 e. The number of amides is 1. The van der Waals surface area contributed by atoms with Gasteiger partial charge in [0.2, 0.25) is 5.91 Å². The maximum absolute atomic E-state index is 12.4. The third kappa shape index (κ3) is 3.76. The lowest BCUT2D eigenvalue weighted by Gasteiger charge is -2.10. The molecule has 1 heterocycles. The Hall–Kier alpha value is -2.05. The third-order valence-corrected chi connectivity index (χ3v) is 2.15. The summed E-state index contributed by atoms with van der Waals surface area (Å²) in [7, 11) is 0. The highest BCUT2D eigenvalue weighted by atomic mass is 19.4. The Morgan fingerprint density at radius 1 is 1.44 bits per heavy atom. The van der Waals surface area contributed by atoms with Crippen LogP contribution in [-0.4, -0.2) is 17.0 Å². The van der Waals surface area contributed by atoms with Crippen LogP contribution in [0.2, 0.25) is 0 Å². The van der Waals surface area contributed by atoms with Crippen LogP contribution in [0.1, 0.15) is 5.56 Å². The number of carbonyl (C=O) groups is 1. The van der Waals surface area contributed by atoms with Crippen molar-refractivity contribution in [1.82, 2.24) is 9.88 Å². The van der Waals surface area contributed by atoms with Crippen LogP contribution in [0, 0.1) is 0 Å². The van der Waals surface area contributed by atoms with Gasteiger partial charge in [0.15, 0.2) is 0 Å². The van der Waals surface area contributed by atoms with E-state index in [-0.39, 0.29) is 13.1 Å². The van der Waals surface area contributed by atoms with Crippen LogP contribution < -0.4 is 10.9 Å². The molecular weight excluding hydrogens is 249 g/mol. The van der Waals surface area contributed by atoms with E-state index in [4.69, 9.17) is 0 Å². The van der Waals surface area contributed by atoms with Gasteiger partial charge in [0.25, 0.3) is 5.56 Å². The molecule has 0 saturated heterocycles. The van der Waals surface area contributed by atoms with Crippen molar-refractivity contribution in [2.45, 2.75) is 12.7 Å². The van der Waals surface area contributed by atoms with Crippen LogP contribution in [0.25, 0.3) is 0 Å². The van der Waals surface area contributed by atoms with Crippen LogP contribution >= 0.6 is 0 Å². The quantitative estimate of drug-likeness (QED) is 0.826. The average molecular weight is 260 g/mol. The summed E-state index contributed by atoms with van der Waals surface area (Å²) >= 11 is 0. The number of halogens is 3. The standard InChI is InChI=1S/C11H11F3N2O2/c1-2-9(17)15-5-6-16-7-8(11(12,13)14)3-4-10(16)18/h2-4,7H,1,5-6H2,(H,15,17). The normalized spacial score (nSPS) is 11.1. The maximum atomic E-state index is 12.4. The van der Waals surface area contributed by atoms with Gasteiger partial charge < -0.3 is 9.88 Å². The smallest absolute Gasteiger partial charge is 0.351 e. The molecule has 0 aliphatic heterocycles. The fraction of sp³-hybridized carbons (Fsp3) is 0.273. The first-order valence-electron chi connectivity index (χ1n) is 5.02. The van der Waals surface area contributed by atoms with E-state index in [1.807, 2.05) is 0 Å². The number of hydrogen-bond donors (Lipinski definition) is 1. The predicted molar refractivity (Wildman–Crippen MR) is 58.9 cm³/mol. The molecule has 0 aromatic carbocycles. The number of pyridine rings is 1. The van der Waals surface area contributed by atoms with Crippen LogP contribution in [0.5, 0.6) is 0 Å². The molecule has 4 nitrogen and oxygen atoms in total. The zero-order chi connectivity index (χ0) is 13.8. The van der Waals surface area contributed by atoms with Crippen molar-refractivity contribution >= 4 is 5.91 Å². The summed E-state index contributed by atoms with van der Waals surface area (Å²) in [5.74, 6) is -0.449. The van der Waals surface area contributed by atoms with Crippen LogP contribution in [0.3, 0.4) is 0 Å².